The van der Waals surface area contributed by atoms with Gasteiger partial charge in [0, 0.05) is 31.2 Å². The lowest BCUT2D eigenvalue weighted by Gasteiger charge is -2.45. The molecule has 0 saturated carbocycles. The molecule has 1 heterocycles. The highest BCUT2D eigenvalue weighted by Gasteiger charge is 2.31. The van der Waals surface area contributed by atoms with Crippen molar-refractivity contribution >= 4 is 0 Å². The second-order valence-corrected chi connectivity index (χ2v) is 6.06. The molecule has 0 aromatic heterocycles. The smallest absolute Gasteiger partial charge is 0.119 e. The van der Waals surface area contributed by atoms with Gasteiger partial charge in [-0.1, -0.05) is 18.2 Å². The highest BCUT2D eigenvalue weighted by atomic mass is 16.5. The second-order valence-electron chi connectivity index (χ2n) is 6.06. The van der Waals surface area contributed by atoms with E-state index in [-0.39, 0.29) is 5.54 Å². The highest BCUT2D eigenvalue weighted by Crippen LogP contribution is 2.18. The van der Waals surface area contributed by atoms with Crippen molar-refractivity contribution in [2.45, 2.75) is 38.8 Å². The van der Waals surface area contributed by atoms with Gasteiger partial charge >= 0.3 is 0 Å². The maximum Gasteiger partial charge on any atom is 0.119 e. The van der Waals surface area contributed by atoms with Gasteiger partial charge in [-0.3, -0.25) is 4.90 Å². The monoisotopic (exact) mass is 262 g/mol. The first-order valence-corrected chi connectivity index (χ1v) is 7.24. The van der Waals surface area contributed by atoms with Crippen molar-refractivity contribution in [2.24, 2.45) is 0 Å². The molecular weight excluding hydrogens is 236 g/mol. The van der Waals surface area contributed by atoms with Crippen LogP contribution in [0.5, 0.6) is 5.75 Å². The van der Waals surface area contributed by atoms with Crippen molar-refractivity contribution in [1.82, 2.24) is 10.2 Å². The predicted molar refractivity (Wildman–Crippen MR) is 79.7 cm³/mol. The Kier molecular flexibility index (Phi) is 4.83. The third-order valence-electron chi connectivity index (χ3n) is 3.82. The van der Waals surface area contributed by atoms with Gasteiger partial charge in [0.15, 0.2) is 0 Å². The lowest BCUT2D eigenvalue weighted by molar-refractivity contribution is 0.0649. The van der Waals surface area contributed by atoms with Crippen molar-refractivity contribution in [3.05, 3.63) is 30.3 Å². The number of ether oxygens (including phenoxy) is 1. The zero-order valence-electron chi connectivity index (χ0n) is 12.4. The maximum atomic E-state index is 5.75. The Morgan fingerprint density at radius 2 is 2.05 bits per heavy atom. The molecule has 1 unspecified atom stereocenters. The third-order valence-corrected chi connectivity index (χ3v) is 3.82. The van der Waals surface area contributed by atoms with E-state index in [2.05, 4.69) is 31.0 Å². The quantitative estimate of drug-likeness (QED) is 0.825. The van der Waals surface area contributed by atoms with Crippen LogP contribution < -0.4 is 10.1 Å². The lowest BCUT2D eigenvalue weighted by atomic mass is 9.97. The molecule has 3 heteroatoms. The standard InChI is InChI=1S/C16H26N2O/c1-14-12-18(16(2,3)13-17-14)10-7-11-19-15-8-5-4-6-9-15/h4-6,8-9,14,17H,7,10-13H2,1-3H3. The van der Waals surface area contributed by atoms with Gasteiger partial charge in [-0.2, -0.15) is 0 Å². The van der Waals surface area contributed by atoms with Crippen molar-refractivity contribution in [1.29, 1.82) is 0 Å². The van der Waals surface area contributed by atoms with Crippen LogP contribution in [0.2, 0.25) is 0 Å². The molecule has 0 spiro atoms. The first-order valence-electron chi connectivity index (χ1n) is 7.24. The van der Waals surface area contributed by atoms with Crippen LogP contribution >= 0.6 is 0 Å². The molecule has 106 valence electrons. The molecule has 1 aromatic carbocycles. The SMILES string of the molecule is CC1CN(CCCOc2ccccc2)C(C)(C)CN1. The summed E-state index contributed by atoms with van der Waals surface area (Å²) in [6.07, 6.45) is 1.07. The summed E-state index contributed by atoms with van der Waals surface area (Å²) in [5.74, 6) is 0.968. The molecule has 0 amide bonds. The summed E-state index contributed by atoms with van der Waals surface area (Å²) >= 11 is 0. The summed E-state index contributed by atoms with van der Waals surface area (Å²) in [4.78, 5) is 2.57. The van der Waals surface area contributed by atoms with Crippen molar-refractivity contribution in [3.63, 3.8) is 0 Å². The van der Waals surface area contributed by atoms with Gasteiger partial charge in [-0.05, 0) is 39.3 Å². The zero-order valence-corrected chi connectivity index (χ0v) is 12.4. The Morgan fingerprint density at radius 1 is 1.32 bits per heavy atom. The number of piperazine rings is 1. The summed E-state index contributed by atoms with van der Waals surface area (Å²) in [5.41, 5.74) is 0.249. The number of hydrogen-bond acceptors (Lipinski definition) is 3. The largest absolute Gasteiger partial charge is 0.494 e. The average Bonchev–Trinajstić information content (AvgIpc) is 2.40. The van der Waals surface area contributed by atoms with Gasteiger partial charge < -0.3 is 10.1 Å². The Hall–Kier alpha value is -1.06. The van der Waals surface area contributed by atoms with E-state index in [0.717, 1.165) is 38.4 Å². The van der Waals surface area contributed by atoms with Gasteiger partial charge in [-0.15, -0.1) is 0 Å². The van der Waals surface area contributed by atoms with Crippen LogP contribution in [0, 0.1) is 0 Å². The van der Waals surface area contributed by atoms with Crippen LogP contribution in [-0.4, -0.2) is 42.7 Å². The zero-order chi connectivity index (χ0) is 13.7. The van der Waals surface area contributed by atoms with E-state index in [9.17, 15) is 0 Å². The molecule has 19 heavy (non-hydrogen) atoms. The van der Waals surface area contributed by atoms with Crippen LogP contribution in [0.1, 0.15) is 27.2 Å². The molecule has 0 radical (unpaired) electrons. The van der Waals surface area contributed by atoms with Gasteiger partial charge in [-0.25, -0.2) is 0 Å². The molecule has 1 aliphatic heterocycles. The van der Waals surface area contributed by atoms with Gasteiger partial charge in [0.1, 0.15) is 5.75 Å². The normalized spacial score (nSPS) is 23.2. The van der Waals surface area contributed by atoms with E-state index in [0.29, 0.717) is 6.04 Å². The van der Waals surface area contributed by atoms with E-state index < -0.39 is 0 Å². The molecule has 0 aliphatic carbocycles. The molecule has 2 rings (SSSR count). The number of para-hydroxylation sites is 1. The first kappa shape index (κ1) is 14.4. The van der Waals surface area contributed by atoms with E-state index >= 15 is 0 Å². The van der Waals surface area contributed by atoms with Crippen molar-refractivity contribution in [3.8, 4) is 5.75 Å². The van der Waals surface area contributed by atoms with Crippen LogP contribution in [0.4, 0.5) is 0 Å². The van der Waals surface area contributed by atoms with E-state index in [1.54, 1.807) is 0 Å². The van der Waals surface area contributed by atoms with Gasteiger partial charge in [0.2, 0.25) is 0 Å². The lowest BCUT2D eigenvalue weighted by Crippen LogP contribution is -2.61. The summed E-state index contributed by atoms with van der Waals surface area (Å²) in [7, 11) is 0. The number of rotatable bonds is 5. The van der Waals surface area contributed by atoms with Crippen molar-refractivity contribution < 1.29 is 4.74 Å². The first-order chi connectivity index (χ1) is 9.08. The fraction of sp³-hybridized carbons (Fsp3) is 0.625. The Morgan fingerprint density at radius 3 is 2.79 bits per heavy atom. The average molecular weight is 262 g/mol. The van der Waals surface area contributed by atoms with Crippen molar-refractivity contribution in [2.75, 3.05) is 26.2 Å². The summed E-state index contributed by atoms with van der Waals surface area (Å²) in [6, 6.07) is 10.6. The van der Waals surface area contributed by atoms with Crippen LogP contribution in [0.25, 0.3) is 0 Å². The fourth-order valence-corrected chi connectivity index (χ4v) is 2.53. The van der Waals surface area contributed by atoms with E-state index in [1.165, 1.54) is 0 Å². The number of nitrogens with zero attached hydrogens (tertiary/aromatic N) is 1. The molecular formula is C16H26N2O. The topological polar surface area (TPSA) is 24.5 Å². The summed E-state index contributed by atoms with van der Waals surface area (Å²) < 4.78 is 5.75. The Labute approximate surface area is 116 Å². The maximum absolute atomic E-state index is 5.75. The molecule has 1 saturated heterocycles. The molecule has 1 aliphatic rings. The predicted octanol–water partition coefficient (Wildman–Crippen LogP) is 2.53. The molecule has 1 N–H and O–H groups in total. The molecule has 1 atom stereocenters. The Bertz CT molecular complexity index is 378. The van der Waals surface area contributed by atoms with Gasteiger partial charge in [0.05, 0.1) is 6.61 Å². The van der Waals surface area contributed by atoms with E-state index in [1.807, 2.05) is 30.3 Å². The minimum atomic E-state index is 0.249. The van der Waals surface area contributed by atoms with Gasteiger partial charge in [0.25, 0.3) is 0 Å². The molecule has 1 aromatic rings. The highest BCUT2D eigenvalue weighted by molar-refractivity contribution is 5.20. The van der Waals surface area contributed by atoms with E-state index in [4.69, 9.17) is 4.74 Å². The van der Waals surface area contributed by atoms with Crippen LogP contribution in [0.15, 0.2) is 30.3 Å². The minimum absolute atomic E-state index is 0.249. The molecule has 1 fully saturated rings. The molecule has 3 nitrogen and oxygen atoms in total. The number of benzene rings is 1. The second kappa shape index (κ2) is 6.40. The molecule has 0 bridgehead atoms. The van der Waals surface area contributed by atoms with Crippen LogP contribution in [0.3, 0.4) is 0 Å². The van der Waals surface area contributed by atoms with Crippen LogP contribution in [-0.2, 0) is 0 Å². The Balaban J connectivity index is 1.72. The fourth-order valence-electron chi connectivity index (χ4n) is 2.53. The summed E-state index contributed by atoms with van der Waals surface area (Å²) in [5, 5.41) is 3.55. The number of hydrogen-bond donors (Lipinski definition) is 1. The summed E-state index contributed by atoms with van der Waals surface area (Å²) in [6.45, 7) is 11.0. The third kappa shape index (κ3) is 4.22. The number of nitrogens with one attached hydrogen (secondary N) is 1. The minimum Gasteiger partial charge on any atom is -0.494 e.